The second-order valence-corrected chi connectivity index (χ2v) is 5.62. The molecule has 0 amide bonds. The van der Waals surface area contributed by atoms with E-state index >= 15 is 0 Å². The molecule has 0 radical (unpaired) electrons. The molecule has 0 aliphatic rings. The molecule has 0 aromatic heterocycles. The summed E-state index contributed by atoms with van der Waals surface area (Å²) >= 11 is 3.47. The summed E-state index contributed by atoms with van der Waals surface area (Å²) in [5.74, 6) is 2.09. The van der Waals surface area contributed by atoms with Crippen LogP contribution in [0.3, 0.4) is 0 Å². The molecule has 1 N–H and O–H groups in total. The number of aliphatic hydroxyl groups excluding tert-OH is 1. The van der Waals surface area contributed by atoms with Crippen LogP contribution in [-0.4, -0.2) is 11.7 Å². The summed E-state index contributed by atoms with van der Waals surface area (Å²) in [7, 11) is 0. The highest BCUT2D eigenvalue weighted by Gasteiger charge is 2.10. The van der Waals surface area contributed by atoms with E-state index in [1.165, 1.54) is 0 Å². The third-order valence-corrected chi connectivity index (χ3v) is 3.59. The smallest absolute Gasteiger partial charge is 0.169 e. The van der Waals surface area contributed by atoms with Gasteiger partial charge in [0.15, 0.2) is 11.5 Å². The van der Waals surface area contributed by atoms with Gasteiger partial charge in [0.25, 0.3) is 0 Å². The minimum absolute atomic E-state index is 0.504. The summed E-state index contributed by atoms with van der Waals surface area (Å²) in [5.41, 5.74) is 0.838. The third-order valence-electron chi connectivity index (χ3n) is 2.97. The predicted octanol–water partition coefficient (Wildman–Crippen LogP) is 5.08. The van der Waals surface area contributed by atoms with Crippen molar-refractivity contribution in [1.82, 2.24) is 0 Å². The third kappa shape index (κ3) is 4.22. The number of aliphatic hydroxyl groups is 1. The molecule has 2 aromatic carbocycles. The highest BCUT2D eigenvalue weighted by Crippen LogP contribution is 2.36. The van der Waals surface area contributed by atoms with Crippen molar-refractivity contribution in [3.8, 4) is 17.2 Å². The average Bonchev–Trinajstić information content (AvgIpc) is 2.48. The molecule has 0 aliphatic carbocycles. The van der Waals surface area contributed by atoms with E-state index in [0.717, 1.165) is 22.2 Å². The van der Waals surface area contributed by atoms with E-state index in [1.807, 2.05) is 42.5 Å². The number of hydrogen-bond donors (Lipinski definition) is 1. The van der Waals surface area contributed by atoms with Crippen LogP contribution in [0.1, 0.15) is 31.9 Å². The standard InChI is InChI=1S/C17H19BrO3/c1-3-10-20-16-6-4-5-7-17(16)21-15-9-8-13(12(2)19)11-14(15)18/h4-9,11-12,19H,3,10H2,1-2H3. The van der Waals surface area contributed by atoms with Crippen molar-refractivity contribution in [1.29, 1.82) is 0 Å². The maximum absolute atomic E-state index is 9.59. The summed E-state index contributed by atoms with van der Waals surface area (Å²) in [6.07, 6.45) is 0.441. The molecular formula is C17H19BrO3. The fraction of sp³-hybridized carbons (Fsp3) is 0.294. The van der Waals surface area contributed by atoms with Gasteiger partial charge in [-0.15, -0.1) is 0 Å². The molecule has 1 atom stereocenters. The van der Waals surface area contributed by atoms with Crippen LogP contribution in [0.25, 0.3) is 0 Å². The molecule has 0 fully saturated rings. The Morgan fingerprint density at radius 1 is 1.10 bits per heavy atom. The minimum Gasteiger partial charge on any atom is -0.490 e. The number of para-hydroxylation sites is 2. The molecule has 112 valence electrons. The zero-order chi connectivity index (χ0) is 15.2. The number of rotatable bonds is 6. The van der Waals surface area contributed by atoms with E-state index < -0.39 is 6.10 Å². The van der Waals surface area contributed by atoms with Crippen molar-refractivity contribution < 1.29 is 14.6 Å². The van der Waals surface area contributed by atoms with Crippen molar-refractivity contribution in [2.75, 3.05) is 6.61 Å². The largest absolute Gasteiger partial charge is 0.490 e. The number of benzene rings is 2. The summed E-state index contributed by atoms with van der Waals surface area (Å²) in [6.45, 7) is 4.45. The fourth-order valence-corrected chi connectivity index (χ4v) is 2.32. The average molecular weight is 351 g/mol. The molecule has 0 spiro atoms. The quantitative estimate of drug-likeness (QED) is 0.788. The number of hydrogen-bond acceptors (Lipinski definition) is 3. The van der Waals surface area contributed by atoms with Crippen molar-refractivity contribution in [2.45, 2.75) is 26.4 Å². The van der Waals surface area contributed by atoms with E-state index in [1.54, 1.807) is 6.92 Å². The van der Waals surface area contributed by atoms with Gasteiger partial charge in [0.1, 0.15) is 5.75 Å². The Morgan fingerprint density at radius 3 is 2.43 bits per heavy atom. The van der Waals surface area contributed by atoms with Crippen molar-refractivity contribution >= 4 is 15.9 Å². The zero-order valence-corrected chi connectivity index (χ0v) is 13.8. The Labute approximate surface area is 133 Å². The maximum atomic E-state index is 9.59. The lowest BCUT2D eigenvalue weighted by Gasteiger charge is -2.14. The lowest BCUT2D eigenvalue weighted by atomic mass is 10.1. The van der Waals surface area contributed by atoms with E-state index in [0.29, 0.717) is 18.1 Å². The molecule has 0 aliphatic heterocycles. The SMILES string of the molecule is CCCOc1ccccc1Oc1ccc(C(C)O)cc1Br. The first kappa shape index (κ1) is 15.9. The first-order chi connectivity index (χ1) is 10.1. The molecule has 1 unspecified atom stereocenters. The van der Waals surface area contributed by atoms with E-state index in [9.17, 15) is 5.11 Å². The number of ether oxygens (including phenoxy) is 2. The van der Waals surface area contributed by atoms with E-state index in [2.05, 4.69) is 22.9 Å². The van der Waals surface area contributed by atoms with Crippen LogP contribution in [-0.2, 0) is 0 Å². The molecule has 4 heteroatoms. The highest BCUT2D eigenvalue weighted by molar-refractivity contribution is 9.10. The second-order valence-electron chi connectivity index (χ2n) is 4.76. The second kappa shape index (κ2) is 7.48. The predicted molar refractivity (Wildman–Crippen MR) is 87.1 cm³/mol. The Morgan fingerprint density at radius 2 is 1.81 bits per heavy atom. The molecule has 0 saturated carbocycles. The van der Waals surface area contributed by atoms with Gasteiger partial charge in [0.2, 0.25) is 0 Å². The first-order valence-electron chi connectivity index (χ1n) is 6.99. The summed E-state index contributed by atoms with van der Waals surface area (Å²) in [4.78, 5) is 0. The molecule has 2 aromatic rings. The molecule has 2 rings (SSSR count). The van der Waals surface area contributed by atoms with Gasteiger partial charge in [0.05, 0.1) is 17.2 Å². The Bertz CT molecular complexity index is 596. The van der Waals surface area contributed by atoms with Gasteiger partial charge in [-0.1, -0.05) is 25.1 Å². The maximum Gasteiger partial charge on any atom is 0.169 e. The van der Waals surface area contributed by atoms with Crippen molar-refractivity contribution in [2.24, 2.45) is 0 Å². The molecule has 21 heavy (non-hydrogen) atoms. The lowest BCUT2D eigenvalue weighted by molar-refractivity contribution is 0.199. The first-order valence-corrected chi connectivity index (χ1v) is 7.78. The lowest BCUT2D eigenvalue weighted by Crippen LogP contribution is -1.98. The normalized spacial score (nSPS) is 12.0. The van der Waals surface area contributed by atoms with Crippen molar-refractivity contribution in [3.05, 3.63) is 52.5 Å². The molecule has 0 heterocycles. The van der Waals surface area contributed by atoms with Crippen LogP contribution in [0, 0.1) is 0 Å². The van der Waals surface area contributed by atoms with Crippen LogP contribution in [0.5, 0.6) is 17.2 Å². The Kier molecular flexibility index (Phi) is 5.65. The molecular weight excluding hydrogens is 332 g/mol. The van der Waals surface area contributed by atoms with Gasteiger partial charge in [-0.2, -0.15) is 0 Å². The van der Waals surface area contributed by atoms with Crippen LogP contribution in [0.4, 0.5) is 0 Å². The van der Waals surface area contributed by atoms with Crippen LogP contribution in [0.15, 0.2) is 46.9 Å². The van der Waals surface area contributed by atoms with Crippen molar-refractivity contribution in [3.63, 3.8) is 0 Å². The Hall–Kier alpha value is -1.52. The van der Waals surface area contributed by atoms with Gasteiger partial charge < -0.3 is 14.6 Å². The van der Waals surface area contributed by atoms with Gasteiger partial charge in [-0.05, 0) is 59.1 Å². The molecule has 3 nitrogen and oxygen atoms in total. The van der Waals surface area contributed by atoms with Crippen LogP contribution in [0.2, 0.25) is 0 Å². The van der Waals surface area contributed by atoms with E-state index in [-0.39, 0.29) is 0 Å². The van der Waals surface area contributed by atoms with Crippen LogP contribution >= 0.6 is 15.9 Å². The highest BCUT2D eigenvalue weighted by atomic mass is 79.9. The molecule has 0 saturated heterocycles. The van der Waals surface area contributed by atoms with Gasteiger partial charge in [-0.3, -0.25) is 0 Å². The molecule has 0 bridgehead atoms. The summed E-state index contributed by atoms with van der Waals surface area (Å²) in [5, 5.41) is 9.59. The fourth-order valence-electron chi connectivity index (χ4n) is 1.84. The van der Waals surface area contributed by atoms with Gasteiger partial charge >= 0.3 is 0 Å². The summed E-state index contributed by atoms with van der Waals surface area (Å²) in [6, 6.07) is 13.1. The zero-order valence-electron chi connectivity index (χ0n) is 12.2. The Balaban J connectivity index is 2.22. The number of halogens is 1. The minimum atomic E-state index is -0.504. The monoisotopic (exact) mass is 350 g/mol. The van der Waals surface area contributed by atoms with Crippen LogP contribution < -0.4 is 9.47 Å². The van der Waals surface area contributed by atoms with Gasteiger partial charge in [-0.25, -0.2) is 0 Å². The topological polar surface area (TPSA) is 38.7 Å². The summed E-state index contributed by atoms with van der Waals surface area (Å²) < 4.78 is 12.4. The van der Waals surface area contributed by atoms with Gasteiger partial charge in [0, 0.05) is 0 Å². The van der Waals surface area contributed by atoms with E-state index in [4.69, 9.17) is 9.47 Å².